The van der Waals surface area contributed by atoms with Gasteiger partial charge >= 0.3 is 5.69 Å². The molecule has 122 valence electrons. The van der Waals surface area contributed by atoms with Crippen molar-refractivity contribution in [3.63, 3.8) is 0 Å². The Kier molecular flexibility index (Phi) is 4.82. The van der Waals surface area contributed by atoms with Crippen LogP contribution in [0.5, 0.6) is 0 Å². The van der Waals surface area contributed by atoms with Crippen molar-refractivity contribution in [2.75, 3.05) is 17.7 Å². The first-order valence-electron chi connectivity index (χ1n) is 7.05. The number of carbonyl (C=O) groups excluding carboxylic acids is 1. The van der Waals surface area contributed by atoms with Crippen molar-refractivity contribution in [3.05, 3.63) is 64.2 Å². The van der Waals surface area contributed by atoms with Crippen molar-refractivity contribution in [2.24, 2.45) is 0 Å². The molecule has 0 saturated heterocycles. The van der Waals surface area contributed by atoms with E-state index in [1.54, 1.807) is 24.1 Å². The van der Waals surface area contributed by atoms with E-state index < -0.39 is 5.69 Å². The largest absolute Gasteiger partial charge is 0.355 e. The van der Waals surface area contributed by atoms with Crippen LogP contribution in [-0.2, 0) is 4.79 Å². The van der Waals surface area contributed by atoms with Crippen LogP contribution in [0.3, 0.4) is 0 Å². The molecule has 0 radical (unpaired) electrons. The number of hydrogen-bond donors (Lipinski definition) is 0. The second kappa shape index (κ2) is 7.02. The highest BCUT2D eigenvalue weighted by molar-refractivity contribution is 7.99. The van der Waals surface area contributed by atoms with E-state index >= 15 is 0 Å². The summed E-state index contributed by atoms with van der Waals surface area (Å²) in [5.74, 6) is 0.0281. The van der Waals surface area contributed by atoms with Crippen LogP contribution in [0.4, 0.5) is 5.69 Å². The maximum Gasteiger partial charge on any atom is 0.355 e. The van der Waals surface area contributed by atoms with Gasteiger partial charge in [-0.2, -0.15) is 4.98 Å². The van der Waals surface area contributed by atoms with Crippen LogP contribution in [0.2, 0.25) is 5.02 Å². The molecule has 0 saturated carbocycles. The monoisotopic (exact) mass is 360 g/mol. The highest BCUT2D eigenvalue weighted by Gasteiger charge is 2.13. The standard InChI is InChI=1S/C16H13ClN4O2S/c1-20(12-5-3-2-4-6-12)14(22)10-24-15-18-13-8-7-11(17)9-21(13)16(23)19-15/h2-9H,10H2,1H3. The van der Waals surface area contributed by atoms with Gasteiger partial charge in [0.1, 0.15) is 5.65 Å². The molecule has 8 heteroatoms. The highest BCUT2D eigenvalue weighted by atomic mass is 35.5. The second-order valence-corrected chi connectivity index (χ2v) is 6.32. The average molecular weight is 361 g/mol. The lowest BCUT2D eigenvalue weighted by molar-refractivity contribution is -0.115. The number of pyridine rings is 1. The molecule has 0 aliphatic heterocycles. The molecule has 24 heavy (non-hydrogen) atoms. The van der Waals surface area contributed by atoms with E-state index in [9.17, 15) is 9.59 Å². The lowest BCUT2D eigenvalue weighted by Gasteiger charge is -2.16. The van der Waals surface area contributed by atoms with Crippen molar-refractivity contribution in [1.82, 2.24) is 14.4 Å². The molecule has 0 bridgehead atoms. The summed E-state index contributed by atoms with van der Waals surface area (Å²) in [6.45, 7) is 0. The molecule has 2 aromatic heterocycles. The first kappa shape index (κ1) is 16.5. The summed E-state index contributed by atoms with van der Waals surface area (Å²) >= 11 is 6.98. The molecule has 2 heterocycles. The van der Waals surface area contributed by atoms with Crippen LogP contribution in [0.1, 0.15) is 0 Å². The van der Waals surface area contributed by atoms with Crippen LogP contribution in [0, 0.1) is 0 Å². The lowest BCUT2D eigenvalue weighted by Crippen LogP contribution is -2.28. The molecule has 0 aliphatic carbocycles. The topological polar surface area (TPSA) is 67.6 Å². The summed E-state index contributed by atoms with van der Waals surface area (Å²) in [7, 11) is 1.70. The van der Waals surface area contributed by atoms with E-state index in [2.05, 4.69) is 9.97 Å². The van der Waals surface area contributed by atoms with Gasteiger partial charge in [-0.15, -0.1) is 0 Å². The van der Waals surface area contributed by atoms with Gasteiger partial charge in [0.25, 0.3) is 0 Å². The molecule has 0 aliphatic rings. The Morgan fingerprint density at radius 3 is 2.71 bits per heavy atom. The number of amides is 1. The molecule has 1 aromatic carbocycles. The summed E-state index contributed by atoms with van der Waals surface area (Å²) in [6.07, 6.45) is 1.46. The van der Waals surface area contributed by atoms with E-state index in [0.717, 1.165) is 17.4 Å². The van der Waals surface area contributed by atoms with E-state index in [0.29, 0.717) is 10.7 Å². The number of nitrogens with zero attached hydrogens (tertiary/aromatic N) is 4. The number of thioether (sulfide) groups is 1. The fourth-order valence-electron chi connectivity index (χ4n) is 2.05. The third-order valence-electron chi connectivity index (χ3n) is 3.34. The minimum atomic E-state index is -0.478. The third-order valence-corrected chi connectivity index (χ3v) is 4.40. The van der Waals surface area contributed by atoms with Crippen LogP contribution >= 0.6 is 23.4 Å². The Hall–Kier alpha value is -2.38. The molecule has 0 N–H and O–H groups in total. The Morgan fingerprint density at radius 1 is 1.21 bits per heavy atom. The number of benzene rings is 1. The molecule has 0 spiro atoms. The van der Waals surface area contributed by atoms with Crippen molar-refractivity contribution < 1.29 is 4.79 Å². The van der Waals surface area contributed by atoms with Gasteiger partial charge in [-0.3, -0.25) is 4.79 Å². The molecule has 1 amide bonds. The van der Waals surface area contributed by atoms with Crippen molar-refractivity contribution in [1.29, 1.82) is 0 Å². The molecule has 0 atom stereocenters. The van der Waals surface area contributed by atoms with Gasteiger partial charge in [-0.25, -0.2) is 14.2 Å². The highest BCUT2D eigenvalue weighted by Crippen LogP contribution is 2.17. The summed E-state index contributed by atoms with van der Waals surface area (Å²) in [5, 5.41) is 0.686. The molecule has 3 aromatic rings. The minimum Gasteiger partial charge on any atom is -0.315 e. The molecular weight excluding hydrogens is 348 g/mol. The van der Waals surface area contributed by atoms with E-state index in [1.807, 2.05) is 30.3 Å². The molecule has 3 rings (SSSR count). The zero-order valence-corrected chi connectivity index (χ0v) is 14.3. The molecule has 0 unspecified atom stereocenters. The number of halogens is 1. The summed E-state index contributed by atoms with van der Waals surface area (Å²) in [6, 6.07) is 12.6. The Labute approximate surface area is 147 Å². The minimum absolute atomic E-state index is 0.105. The number of aromatic nitrogens is 3. The maximum atomic E-state index is 12.3. The van der Waals surface area contributed by atoms with Crippen molar-refractivity contribution in [3.8, 4) is 0 Å². The normalized spacial score (nSPS) is 10.8. The first-order valence-corrected chi connectivity index (χ1v) is 8.41. The number of para-hydroxylation sites is 1. The first-order chi connectivity index (χ1) is 11.5. The van der Waals surface area contributed by atoms with Crippen LogP contribution in [-0.4, -0.2) is 33.1 Å². The number of rotatable bonds is 4. The Balaban J connectivity index is 1.75. The SMILES string of the molecule is CN(C(=O)CSc1nc(=O)n2cc(Cl)ccc2n1)c1ccccc1. The van der Waals surface area contributed by atoms with Crippen LogP contribution in [0.15, 0.2) is 58.6 Å². The van der Waals surface area contributed by atoms with Gasteiger partial charge in [-0.05, 0) is 24.3 Å². The predicted molar refractivity (Wildman–Crippen MR) is 94.8 cm³/mol. The second-order valence-electron chi connectivity index (χ2n) is 4.94. The summed E-state index contributed by atoms with van der Waals surface area (Å²) in [4.78, 5) is 34.0. The van der Waals surface area contributed by atoms with Gasteiger partial charge in [0.15, 0.2) is 5.16 Å². The van der Waals surface area contributed by atoms with Crippen LogP contribution < -0.4 is 10.6 Å². The molecule has 0 fully saturated rings. The zero-order chi connectivity index (χ0) is 17.1. The van der Waals surface area contributed by atoms with Gasteiger partial charge in [0.05, 0.1) is 10.8 Å². The molecular formula is C16H13ClN4O2S. The summed E-state index contributed by atoms with van der Waals surface area (Å²) in [5.41, 5.74) is 0.761. The number of hydrogen-bond acceptors (Lipinski definition) is 5. The average Bonchev–Trinajstić information content (AvgIpc) is 2.60. The summed E-state index contributed by atoms with van der Waals surface area (Å²) < 4.78 is 1.27. The van der Waals surface area contributed by atoms with Gasteiger partial charge < -0.3 is 4.90 Å². The van der Waals surface area contributed by atoms with Crippen molar-refractivity contribution in [2.45, 2.75) is 5.16 Å². The van der Waals surface area contributed by atoms with Crippen molar-refractivity contribution >= 4 is 40.6 Å². The molecule has 6 nitrogen and oxygen atoms in total. The smallest absolute Gasteiger partial charge is 0.315 e. The fraction of sp³-hybridized carbons (Fsp3) is 0.125. The van der Waals surface area contributed by atoms with E-state index in [1.165, 1.54) is 10.6 Å². The van der Waals surface area contributed by atoms with Gasteiger partial charge in [-0.1, -0.05) is 41.6 Å². The van der Waals surface area contributed by atoms with Gasteiger partial charge in [0.2, 0.25) is 5.91 Å². The predicted octanol–water partition coefficient (Wildman–Crippen LogP) is 2.50. The third kappa shape index (κ3) is 3.58. The number of fused-ring (bicyclic) bond motifs is 1. The maximum absolute atomic E-state index is 12.3. The fourth-order valence-corrected chi connectivity index (χ4v) is 2.96. The Morgan fingerprint density at radius 2 is 1.96 bits per heavy atom. The Bertz CT molecular complexity index is 946. The zero-order valence-electron chi connectivity index (χ0n) is 12.7. The van der Waals surface area contributed by atoms with E-state index in [4.69, 9.17) is 11.6 Å². The van der Waals surface area contributed by atoms with Gasteiger partial charge in [0, 0.05) is 18.9 Å². The number of carbonyl (C=O) groups is 1. The van der Waals surface area contributed by atoms with E-state index in [-0.39, 0.29) is 16.8 Å². The lowest BCUT2D eigenvalue weighted by atomic mass is 10.3. The van der Waals surface area contributed by atoms with Crippen LogP contribution in [0.25, 0.3) is 5.65 Å². The quantitative estimate of drug-likeness (QED) is 0.669. The number of anilines is 1.